The third-order valence-corrected chi connectivity index (χ3v) is 4.93. The predicted molar refractivity (Wildman–Crippen MR) is 84.3 cm³/mol. The van der Waals surface area contributed by atoms with Gasteiger partial charge in [0, 0.05) is 23.3 Å². The van der Waals surface area contributed by atoms with Crippen molar-refractivity contribution in [2.24, 2.45) is 10.2 Å². The first-order valence-electron chi connectivity index (χ1n) is 6.63. The van der Waals surface area contributed by atoms with Crippen LogP contribution in [0, 0.1) is 0 Å². The topological polar surface area (TPSA) is 104 Å². The zero-order valence-electron chi connectivity index (χ0n) is 11.5. The highest BCUT2D eigenvalue weighted by molar-refractivity contribution is 7.90. The maximum Gasteiger partial charge on any atom is 0.286 e. The molecule has 1 aliphatic heterocycles. The third kappa shape index (κ3) is 2.85. The molecule has 0 spiro atoms. The molecule has 0 fully saturated rings. The van der Waals surface area contributed by atoms with Crippen molar-refractivity contribution in [3.8, 4) is 0 Å². The molecule has 22 heavy (non-hydrogen) atoms. The minimum Gasteiger partial charge on any atom is -0.348 e. The number of benzene rings is 1. The van der Waals surface area contributed by atoms with Crippen LogP contribution in [0.3, 0.4) is 0 Å². The van der Waals surface area contributed by atoms with Gasteiger partial charge >= 0.3 is 0 Å². The monoisotopic (exact) mass is 339 g/mol. The van der Waals surface area contributed by atoms with Crippen LogP contribution in [-0.2, 0) is 16.4 Å². The highest BCUT2D eigenvalue weighted by Gasteiger charge is 2.29. The maximum atomic E-state index is 12.2. The molecule has 0 radical (unpaired) electrons. The average molecular weight is 340 g/mol. The molecule has 9 heteroatoms. The lowest BCUT2D eigenvalue weighted by molar-refractivity contribution is 0.596. The van der Waals surface area contributed by atoms with E-state index in [4.69, 9.17) is 17.4 Å². The lowest BCUT2D eigenvalue weighted by atomic mass is 10.2. The van der Waals surface area contributed by atoms with Crippen LogP contribution in [0.4, 0.5) is 5.69 Å². The molecule has 1 aromatic carbocycles. The number of sulfonamides is 1. The number of nitrogens with two attached hydrogens (primary N) is 1. The fraction of sp³-hybridized carbons (Fsp3) is 0.231. The second-order valence-corrected chi connectivity index (χ2v) is 6.90. The molecule has 0 saturated carbocycles. The average Bonchev–Trinajstić information content (AvgIpc) is 2.97. The van der Waals surface area contributed by atoms with E-state index in [2.05, 4.69) is 14.4 Å². The van der Waals surface area contributed by atoms with Gasteiger partial charge in [-0.3, -0.25) is 5.01 Å². The fourth-order valence-electron chi connectivity index (χ4n) is 2.29. The van der Waals surface area contributed by atoms with Gasteiger partial charge in [-0.05, 0) is 31.0 Å². The Hall–Kier alpha value is -1.90. The Morgan fingerprint density at radius 1 is 1.32 bits per heavy atom. The van der Waals surface area contributed by atoms with Gasteiger partial charge in [0.15, 0.2) is 0 Å². The molecule has 0 bridgehead atoms. The Balaban J connectivity index is 1.81. The number of aromatic nitrogens is 2. The summed E-state index contributed by atoms with van der Waals surface area (Å²) in [7, 11) is -3.77. The van der Waals surface area contributed by atoms with Gasteiger partial charge in [0.1, 0.15) is 10.7 Å². The van der Waals surface area contributed by atoms with Gasteiger partial charge in [-0.25, -0.2) is 10.8 Å². The number of halogens is 1. The summed E-state index contributed by atoms with van der Waals surface area (Å²) in [5.41, 5.74) is 1.37. The molecule has 7 nitrogen and oxygen atoms in total. The molecular weight excluding hydrogens is 326 g/mol. The Bertz CT molecular complexity index is 817. The SMILES string of the molecule is NN1C(CCCc2cnc[nH]2)=NS(=O)(=O)c2cc(Cl)ccc21. The number of hydrogen-bond acceptors (Lipinski definition) is 5. The highest BCUT2D eigenvalue weighted by Crippen LogP contribution is 2.32. The van der Waals surface area contributed by atoms with Crippen LogP contribution in [-0.4, -0.2) is 24.2 Å². The normalized spacial score (nSPS) is 16.3. The third-order valence-electron chi connectivity index (χ3n) is 3.36. The number of rotatable bonds is 4. The van der Waals surface area contributed by atoms with E-state index in [1.807, 2.05) is 0 Å². The molecule has 0 saturated heterocycles. The molecule has 3 rings (SSSR count). The van der Waals surface area contributed by atoms with Crippen molar-refractivity contribution < 1.29 is 8.42 Å². The number of nitrogens with zero attached hydrogens (tertiary/aromatic N) is 3. The van der Waals surface area contributed by atoms with E-state index in [1.165, 1.54) is 11.1 Å². The second-order valence-electron chi connectivity index (χ2n) is 4.90. The molecular formula is C13H14ClN5O2S. The van der Waals surface area contributed by atoms with E-state index in [9.17, 15) is 8.42 Å². The molecule has 1 aliphatic rings. The van der Waals surface area contributed by atoms with Crippen molar-refractivity contribution in [1.29, 1.82) is 0 Å². The molecule has 3 N–H and O–H groups in total. The summed E-state index contributed by atoms with van der Waals surface area (Å²) >= 11 is 5.85. The summed E-state index contributed by atoms with van der Waals surface area (Å²) in [6.45, 7) is 0. The Labute approximate surface area is 132 Å². The minimum absolute atomic E-state index is 0.0276. The number of fused-ring (bicyclic) bond motifs is 1. The summed E-state index contributed by atoms with van der Waals surface area (Å²) in [5, 5.41) is 1.63. The van der Waals surface area contributed by atoms with Crippen molar-refractivity contribution >= 4 is 33.1 Å². The Morgan fingerprint density at radius 3 is 2.86 bits per heavy atom. The minimum atomic E-state index is -3.77. The first-order chi connectivity index (χ1) is 10.5. The maximum absolute atomic E-state index is 12.2. The van der Waals surface area contributed by atoms with Gasteiger partial charge in [0.2, 0.25) is 0 Å². The van der Waals surface area contributed by atoms with Crippen LogP contribution in [0.5, 0.6) is 0 Å². The number of hydrogen-bond donors (Lipinski definition) is 2. The summed E-state index contributed by atoms with van der Waals surface area (Å²) in [4.78, 5) is 6.96. The van der Waals surface area contributed by atoms with Crippen molar-refractivity contribution in [3.05, 3.63) is 41.4 Å². The van der Waals surface area contributed by atoms with Crippen LogP contribution in [0.2, 0.25) is 5.02 Å². The molecule has 2 aromatic rings. The quantitative estimate of drug-likeness (QED) is 0.827. The number of anilines is 1. The van der Waals surface area contributed by atoms with Crippen molar-refractivity contribution in [2.75, 3.05) is 5.01 Å². The first-order valence-corrected chi connectivity index (χ1v) is 8.44. The van der Waals surface area contributed by atoms with Crippen LogP contribution >= 0.6 is 11.6 Å². The number of nitrogens with one attached hydrogen (secondary N) is 1. The number of aromatic amines is 1. The summed E-state index contributed by atoms with van der Waals surface area (Å²) in [6, 6.07) is 4.54. The van der Waals surface area contributed by atoms with Crippen LogP contribution in [0.25, 0.3) is 0 Å². The number of amidine groups is 1. The highest BCUT2D eigenvalue weighted by atomic mass is 35.5. The van der Waals surface area contributed by atoms with E-state index < -0.39 is 10.0 Å². The predicted octanol–water partition coefficient (Wildman–Crippen LogP) is 1.87. The van der Waals surface area contributed by atoms with E-state index in [0.717, 1.165) is 12.1 Å². The first kappa shape index (κ1) is 15.0. The number of hydrazine groups is 1. The van der Waals surface area contributed by atoms with Gasteiger partial charge in [-0.15, -0.1) is 4.40 Å². The zero-order chi connectivity index (χ0) is 15.7. The van der Waals surface area contributed by atoms with Gasteiger partial charge in [0.05, 0.1) is 12.0 Å². The van der Waals surface area contributed by atoms with Crippen molar-refractivity contribution in [2.45, 2.75) is 24.2 Å². The standard InChI is InChI=1S/C13H14ClN5O2S/c14-9-4-5-11-12(6-9)22(20,21)18-13(19(11)15)3-1-2-10-7-16-8-17-10/h4-8H,1-3,15H2,(H,16,17). The van der Waals surface area contributed by atoms with Gasteiger partial charge in [0.25, 0.3) is 10.0 Å². The summed E-state index contributed by atoms with van der Waals surface area (Å²) in [5.74, 6) is 6.31. The second kappa shape index (κ2) is 5.71. The van der Waals surface area contributed by atoms with E-state index in [0.29, 0.717) is 29.4 Å². The van der Waals surface area contributed by atoms with Gasteiger partial charge in [-0.1, -0.05) is 11.6 Å². The van der Waals surface area contributed by atoms with Gasteiger partial charge < -0.3 is 4.98 Å². The van der Waals surface area contributed by atoms with E-state index in [1.54, 1.807) is 24.7 Å². The molecule has 0 aliphatic carbocycles. The van der Waals surface area contributed by atoms with E-state index in [-0.39, 0.29) is 4.90 Å². The summed E-state index contributed by atoms with van der Waals surface area (Å²) < 4.78 is 28.3. The molecule has 2 heterocycles. The lowest BCUT2D eigenvalue weighted by Crippen LogP contribution is -2.41. The summed E-state index contributed by atoms with van der Waals surface area (Å²) in [6.07, 6.45) is 5.22. The molecule has 1 aromatic heterocycles. The lowest BCUT2D eigenvalue weighted by Gasteiger charge is -2.26. The smallest absolute Gasteiger partial charge is 0.286 e. The Morgan fingerprint density at radius 2 is 2.14 bits per heavy atom. The molecule has 0 amide bonds. The van der Waals surface area contributed by atoms with Crippen molar-refractivity contribution in [1.82, 2.24) is 9.97 Å². The molecule has 0 atom stereocenters. The van der Waals surface area contributed by atoms with Crippen LogP contribution < -0.4 is 10.9 Å². The van der Waals surface area contributed by atoms with Crippen molar-refractivity contribution in [3.63, 3.8) is 0 Å². The molecule has 116 valence electrons. The fourth-order valence-corrected chi connectivity index (χ4v) is 3.79. The van der Waals surface area contributed by atoms with E-state index >= 15 is 0 Å². The van der Waals surface area contributed by atoms with Gasteiger partial charge in [-0.2, -0.15) is 8.42 Å². The largest absolute Gasteiger partial charge is 0.348 e. The molecule has 0 unspecified atom stereocenters. The number of aryl methyl sites for hydroxylation is 1. The zero-order valence-corrected chi connectivity index (χ0v) is 13.1. The Kier molecular flexibility index (Phi) is 3.90. The van der Waals surface area contributed by atoms with Crippen LogP contribution in [0.1, 0.15) is 18.5 Å². The van der Waals surface area contributed by atoms with Crippen LogP contribution in [0.15, 0.2) is 40.0 Å². The number of H-pyrrole nitrogens is 1. The number of imidazole rings is 1.